The highest BCUT2D eigenvalue weighted by molar-refractivity contribution is 6.01. The number of Topliss-reactive ketones (excluding diaryl/α,β-unsaturated/α-hetero) is 1. The first kappa shape index (κ1) is 98.9. The highest BCUT2D eigenvalue weighted by atomic mass is 16.5. The van der Waals surface area contributed by atoms with Gasteiger partial charge in [0.1, 0.15) is 78.3 Å². The summed E-state index contributed by atoms with van der Waals surface area (Å²) in [6, 6.07) is -12.0. The standard InChI is InChI=1S/C81H137N15O19/c1-11-15-16-17-18-19-20-21-27-54(100)43-65(102)85-56(28-22-37-82)73(106)91-66(47(5)6)64(101)44-55-51(10)115-81(114)69(50(9)14-4)94-78(111)63-32-26-41-96(63)80(113)68(49(8)13-3)93-77(110)62-31-25-40-95(62)79(112)67(48(7)12-2)92-76(109)61(46-98)90-72(105)58(30-24-39-84)87-74(107)59(42-52-33-35-53(99)36-34-52)88-75(108)60(45-97)89-71(104)57(29-23-38-83)86-70(55)103/h33-36,47-51,54-63,66-69,97-100H,11-32,37-46,82-84H2,1-10H3,(H,85,102)(H,86,103)(H,87,107)(H,88,108)(H,89,104)(H,90,105)(H,91,106)(H,92,109)(H,93,110)(H,94,111)/t48?,49?,50?,51?,54?,55-,56+,57+,58+,59-,60-,61+,62+,63-,66-,67+,68-,69-/m0/s1. The molecular formula is C81H137N15O19. The molecule has 0 aliphatic carbocycles. The zero-order chi connectivity index (χ0) is 85.6. The number of esters is 1. The second-order valence-corrected chi connectivity index (χ2v) is 31.7. The SMILES string of the molecule is CCCCCCCCCCC(O)CC(=O)N[C@H](CCCN)C(=O)N[C@H](C(=O)C[C@@H]1C(=O)N[C@H](CCCN)C(=O)N[C@@H](CO)C(=O)N[C@@H](Cc2ccc(O)cc2)C(=O)N[C@H](CCCN)C(=O)N[C@H](CO)C(=O)N[C@H](C(C)CC)C(=O)N2CCC[C@@H]2C(=O)N[C@@H](C(C)CC)C(=O)N2CCC[C@H]2C(=O)N[C@@H](C(C)CC)C(=O)OC1C)C(C)C. The number of amides is 12. The molecule has 3 heterocycles. The van der Waals surface area contributed by atoms with Crippen molar-refractivity contribution in [1.82, 2.24) is 63.0 Å². The van der Waals surface area contributed by atoms with Crippen LogP contribution >= 0.6 is 0 Å². The van der Waals surface area contributed by atoms with Gasteiger partial charge in [0, 0.05) is 25.9 Å². The molecule has 3 aliphatic heterocycles. The van der Waals surface area contributed by atoms with Crippen LogP contribution in [0.5, 0.6) is 5.75 Å². The van der Waals surface area contributed by atoms with Crippen LogP contribution in [0.25, 0.3) is 0 Å². The van der Waals surface area contributed by atoms with E-state index in [4.69, 9.17) is 21.9 Å². The zero-order valence-electron chi connectivity index (χ0n) is 69.4. The van der Waals surface area contributed by atoms with Gasteiger partial charge in [-0.15, -0.1) is 0 Å². The number of nitrogens with two attached hydrogens (primary N) is 3. The minimum atomic E-state index is -1.90. The Morgan fingerprint density at radius 3 is 1.43 bits per heavy atom. The van der Waals surface area contributed by atoms with Crippen molar-refractivity contribution >= 4 is 82.6 Å². The lowest BCUT2D eigenvalue weighted by Gasteiger charge is -2.35. The molecule has 34 heteroatoms. The molecule has 0 bridgehead atoms. The van der Waals surface area contributed by atoms with Gasteiger partial charge in [0.05, 0.1) is 37.7 Å². The molecule has 3 aliphatic rings. The number of aliphatic hydroxyl groups excluding tert-OH is 3. The molecular weight excluding hydrogens is 1490 g/mol. The molecule has 12 amide bonds. The van der Waals surface area contributed by atoms with E-state index in [2.05, 4.69) is 60.1 Å². The van der Waals surface area contributed by atoms with Crippen molar-refractivity contribution in [3.8, 4) is 5.75 Å². The summed E-state index contributed by atoms with van der Waals surface area (Å²) >= 11 is 0. The quantitative estimate of drug-likeness (QED) is 0.0320. The number of nitrogens with one attached hydrogen (secondary N) is 10. The number of unbranched alkanes of at least 4 members (excludes halogenated alkanes) is 7. The summed E-state index contributed by atoms with van der Waals surface area (Å²) in [6.45, 7) is 15.1. The topological polar surface area (TPSA) is 534 Å². The third kappa shape index (κ3) is 31.5. The van der Waals surface area contributed by atoms with Gasteiger partial charge in [-0.1, -0.05) is 145 Å². The van der Waals surface area contributed by atoms with Crippen molar-refractivity contribution in [1.29, 1.82) is 0 Å². The molecule has 0 saturated carbocycles. The Balaban J connectivity index is 1.87. The van der Waals surface area contributed by atoms with Crippen molar-refractivity contribution in [3.05, 3.63) is 29.8 Å². The van der Waals surface area contributed by atoms with Crippen LogP contribution < -0.4 is 70.4 Å². The Morgan fingerprint density at radius 2 is 0.948 bits per heavy atom. The van der Waals surface area contributed by atoms with Gasteiger partial charge >= 0.3 is 5.97 Å². The number of rotatable bonds is 37. The van der Waals surface area contributed by atoms with Gasteiger partial charge in [-0.25, -0.2) is 4.79 Å². The van der Waals surface area contributed by atoms with Gasteiger partial charge in [-0.3, -0.25) is 62.3 Å². The van der Waals surface area contributed by atoms with Crippen molar-refractivity contribution in [2.24, 2.45) is 46.8 Å². The lowest BCUT2D eigenvalue weighted by Crippen LogP contribution is -2.62. The molecule has 1 aromatic rings. The smallest absolute Gasteiger partial charge is 0.329 e. The van der Waals surface area contributed by atoms with E-state index >= 15 is 14.4 Å². The van der Waals surface area contributed by atoms with Crippen LogP contribution in [0.4, 0.5) is 0 Å². The normalized spacial score (nSPS) is 25.5. The maximum Gasteiger partial charge on any atom is 0.329 e. The Hall–Kier alpha value is -8.44. The van der Waals surface area contributed by atoms with Gasteiger partial charge < -0.3 is 105 Å². The molecule has 3 fully saturated rings. The van der Waals surface area contributed by atoms with Gasteiger partial charge in [0.25, 0.3) is 0 Å². The van der Waals surface area contributed by atoms with Gasteiger partial charge in [-0.2, -0.15) is 0 Å². The minimum Gasteiger partial charge on any atom is -0.508 e. The summed E-state index contributed by atoms with van der Waals surface area (Å²) < 4.78 is 6.16. The lowest BCUT2D eigenvalue weighted by atomic mass is 9.88. The average molecular weight is 1630 g/mol. The molecule has 0 aromatic heterocycles. The summed E-state index contributed by atoms with van der Waals surface area (Å²) in [5.41, 5.74) is 18.1. The number of nitrogens with zero attached hydrogens (tertiary/aromatic N) is 2. The molecule has 20 N–H and O–H groups in total. The maximum absolute atomic E-state index is 15.3. The second kappa shape index (κ2) is 51.6. The number of aromatic hydroxyl groups is 1. The predicted molar refractivity (Wildman–Crippen MR) is 429 cm³/mol. The van der Waals surface area contributed by atoms with E-state index in [9.17, 15) is 73.2 Å². The van der Waals surface area contributed by atoms with Crippen molar-refractivity contribution < 1.29 is 92.3 Å². The number of hydrogen-bond acceptors (Lipinski definition) is 22. The predicted octanol–water partition coefficient (Wildman–Crippen LogP) is 0.563. The molecule has 115 heavy (non-hydrogen) atoms. The van der Waals surface area contributed by atoms with E-state index in [1.54, 1.807) is 48.5 Å². The van der Waals surface area contributed by atoms with Gasteiger partial charge in [0.15, 0.2) is 5.78 Å². The molecule has 18 atom stereocenters. The number of benzene rings is 1. The fraction of sp³-hybridized carbons (Fsp3) is 0.753. The molecule has 0 radical (unpaired) electrons. The Morgan fingerprint density at radius 1 is 0.522 bits per heavy atom. The number of aliphatic hydroxyl groups is 3. The maximum atomic E-state index is 15.3. The van der Waals surface area contributed by atoms with Crippen LogP contribution in [0.3, 0.4) is 0 Å². The third-order valence-electron chi connectivity index (χ3n) is 22.4. The van der Waals surface area contributed by atoms with E-state index in [0.717, 1.165) is 38.5 Å². The zero-order valence-corrected chi connectivity index (χ0v) is 69.4. The van der Waals surface area contributed by atoms with Crippen LogP contribution in [-0.2, 0) is 78.3 Å². The van der Waals surface area contributed by atoms with Crippen LogP contribution in [-0.4, -0.2) is 244 Å². The van der Waals surface area contributed by atoms with E-state index in [-0.39, 0.29) is 109 Å². The molecule has 1 aromatic carbocycles. The Kier molecular flexibility index (Phi) is 44.4. The number of carbonyl (C=O) groups is 14. The fourth-order valence-corrected chi connectivity index (χ4v) is 14.5. The van der Waals surface area contributed by atoms with Crippen LogP contribution in [0.1, 0.15) is 229 Å². The minimum absolute atomic E-state index is 0.00220. The summed E-state index contributed by atoms with van der Waals surface area (Å²) in [4.78, 5) is 208. The summed E-state index contributed by atoms with van der Waals surface area (Å²) in [5, 5.41) is 69.2. The summed E-state index contributed by atoms with van der Waals surface area (Å²) in [6.07, 6.45) is 6.47. The molecule has 34 nitrogen and oxygen atoms in total. The number of phenols is 1. The number of ketones is 1. The van der Waals surface area contributed by atoms with Crippen molar-refractivity contribution in [2.45, 2.75) is 314 Å². The third-order valence-corrected chi connectivity index (χ3v) is 22.4. The number of phenolic OH excluding ortho intramolecular Hbond substituents is 1. The lowest BCUT2D eigenvalue weighted by molar-refractivity contribution is -0.159. The van der Waals surface area contributed by atoms with Crippen molar-refractivity contribution in [2.75, 3.05) is 45.9 Å². The number of carbonyl (C=O) groups excluding carboxylic acids is 14. The number of fused-ring (bicyclic) bond motifs is 2. The fourth-order valence-electron chi connectivity index (χ4n) is 14.5. The highest BCUT2D eigenvalue weighted by Crippen LogP contribution is 2.28. The van der Waals surface area contributed by atoms with Gasteiger partial charge in [0.2, 0.25) is 70.9 Å². The van der Waals surface area contributed by atoms with Crippen LogP contribution in [0.2, 0.25) is 0 Å². The Bertz CT molecular complexity index is 3320. The molecule has 4 rings (SSSR count). The van der Waals surface area contributed by atoms with Crippen LogP contribution in [0.15, 0.2) is 24.3 Å². The number of ether oxygens (including phenoxy) is 1. The van der Waals surface area contributed by atoms with Crippen LogP contribution in [0, 0.1) is 29.6 Å². The first-order valence-corrected chi connectivity index (χ1v) is 41.9. The van der Waals surface area contributed by atoms with E-state index in [0.29, 0.717) is 44.1 Å². The van der Waals surface area contributed by atoms with E-state index < -0.39 is 217 Å². The number of hydrogen-bond donors (Lipinski definition) is 17. The molecule has 5 unspecified atom stereocenters. The largest absolute Gasteiger partial charge is 0.508 e. The average Bonchev–Trinajstić information content (AvgIpc) is 1.68. The summed E-state index contributed by atoms with van der Waals surface area (Å²) in [5.74, 6) is -16.8. The first-order chi connectivity index (χ1) is 54.8. The van der Waals surface area contributed by atoms with E-state index in [1.807, 2.05) is 6.92 Å². The van der Waals surface area contributed by atoms with Crippen molar-refractivity contribution in [3.63, 3.8) is 0 Å². The molecule has 3 saturated heterocycles. The first-order valence-electron chi connectivity index (χ1n) is 41.9. The second-order valence-electron chi connectivity index (χ2n) is 31.7. The monoisotopic (exact) mass is 1620 g/mol. The molecule has 0 spiro atoms. The molecule has 650 valence electrons. The summed E-state index contributed by atoms with van der Waals surface area (Å²) in [7, 11) is 0. The van der Waals surface area contributed by atoms with E-state index in [1.165, 1.54) is 47.4 Å². The Labute approximate surface area is 677 Å². The van der Waals surface area contributed by atoms with Gasteiger partial charge in [-0.05, 0) is 139 Å². The number of cyclic esters (lactones) is 1. The highest BCUT2D eigenvalue weighted by Gasteiger charge is 2.46.